The van der Waals surface area contributed by atoms with Gasteiger partial charge in [0, 0.05) is 25.9 Å². The molecule has 0 aliphatic heterocycles. The molecule has 0 unspecified atom stereocenters. The van der Waals surface area contributed by atoms with Crippen molar-refractivity contribution in [3.8, 4) is 0 Å². The Bertz CT molecular complexity index is 1120. The number of halogens is 1. The molecule has 0 heterocycles. The van der Waals surface area contributed by atoms with E-state index in [9.17, 15) is 19.1 Å². The summed E-state index contributed by atoms with van der Waals surface area (Å²) >= 11 is 0. The number of rotatable bonds is 6. The predicted octanol–water partition coefficient (Wildman–Crippen LogP) is 6.88. The summed E-state index contributed by atoms with van der Waals surface area (Å²) < 4.78 is 19.8. The molecule has 1 amide bonds. The minimum atomic E-state index is -0.607. The Kier molecular flexibility index (Phi) is 7.91. The number of amides is 1. The van der Waals surface area contributed by atoms with Crippen LogP contribution in [0.2, 0.25) is 0 Å². The highest BCUT2D eigenvalue weighted by molar-refractivity contribution is 5.94. The SMILES string of the molecule is CC(=O)O[C@H]1CC[C@]2(C)[C@H]3CC[C@]4(C)[C@@H]([C@H](C)CCN(C)C(=O)c5ccccc5F)CC[C@H]4[C@@H]3CC[C@@]2(C)[C@H]1O. The normalized spacial score (nSPS) is 41.3. The topological polar surface area (TPSA) is 66.8 Å². The molecule has 1 N–H and O–H groups in total. The molecule has 0 spiro atoms. The molecule has 4 aliphatic carbocycles. The van der Waals surface area contributed by atoms with E-state index in [1.54, 1.807) is 30.1 Å². The summed E-state index contributed by atoms with van der Waals surface area (Å²) in [6.45, 7) is 11.7. The molecule has 5 nitrogen and oxygen atoms in total. The maximum absolute atomic E-state index is 14.2. The first-order valence-corrected chi connectivity index (χ1v) is 15.7. The van der Waals surface area contributed by atoms with Gasteiger partial charge in [-0.3, -0.25) is 9.59 Å². The second-order valence-electron chi connectivity index (χ2n) is 14.6. The van der Waals surface area contributed by atoms with Crippen molar-refractivity contribution in [3.63, 3.8) is 0 Å². The standard InChI is InChI=1S/C34H50FNO4/c1-21(16-20-36(6)31(39)24-9-7-8-10-28(24)35)25-11-12-26-23-13-18-34(5)30(38)29(40-22(2)37)15-19-33(34,4)27(23)14-17-32(25,26)3/h7-10,21,23,25-27,29-30,38H,11-20H2,1-6H3/t21-,23+,25-,26+,27+,29+,30+,32-,33-,34+/m1/s1. The minimum Gasteiger partial charge on any atom is -0.460 e. The van der Waals surface area contributed by atoms with Gasteiger partial charge in [-0.05, 0) is 110 Å². The van der Waals surface area contributed by atoms with Gasteiger partial charge in [0.15, 0.2) is 0 Å². The molecular formula is C34H50FNO4. The molecule has 222 valence electrons. The second kappa shape index (κ2) is 10.7. The highest BCUT2D eigenvalue weighted by Crippen LogP contribution is 2.71. The molecule has 0 radical (unpaired) electrons. The predicted molar refractivity (Wildman–Crippen MR) is 154 cm³/mol. The van der Waals surface area contributed by atoms with Crippen LogP contribution in [-0.2, 0) is 9.53 Å². The van der Waals surface area contributed by atoms with Crippen LogP contribution < -0.4 is 0 Å². The molecule has 1 aromatic carbocycles. The van der Waals surface area contributed by atoms with E-state index >= 15 is 0 Å². The van der Waals surface area contributed by atoms with Crippen LogP contribution in [0.15, 0.2) is 24.3 Å². The number of benzene rings is 1. The van der Waals surface area contributed by atoms with Gasteiger partial charge in [0.25, 0.3) is 5.91 Å². The summed E-state index contributed by atoms with van der Waals surface area (Å²) in [6.07, 6.45) is 8.73. The third-order valence-electron chi connectivity index (χ3n) is 13.0. The van der Waals surface area contributed by atoms with E-state index in [0.717, 1.165) is 32.1 Å². The lowest BCUT2D eigenvalue weighted by molar-refractivity contribution is -0.229. The summed E-state index contributed by atoms with van der Waals surface area (Å²) in [5.41, 5.74) is 0.258. The van der Waals surface area contributed by atoms with Gasteiger partial charge in [-0.15, -0.1) is 0 Å². The van der Waals surface area contributed by atoms with E-state index in [1.165, 1.54) is 38.7 Å². The van der Waals surface area contributed by atoms with Gasteiger partial charge in [0.2, 0.25) is 0 Å². The van der Waals surface area contributed by atoms with Crippen LogP contribution in [-0.4, -0.2) is 47.7 Å². The van der Waals surface area contributed by atoms with Crippen molar-refractivity contribution in [1.29, 1.82) is 0 Å². The Balaban J connectivity index is 1.26. The highest BCUT2D eigenvalue weighted by Gasteiger charge is 2.66. The largest absolute Gasteiger partial charge is 0.460 e. The van der Waals surface area contributed by atoms with Gasteiger partial charge in [-0.1, -0.05) is 39.8 Å². The number of aliphatic hydroxyl groups is 1. The van der Waals surface area contributed by atoms with Crippen molar-refractivity contribution in [2.45, 2.75) is 105 Å². The van der Waals surface area contributed by atoms with E-state index in [0.29, 0.717) is 41.5 Å². The first-order chi connectivity index (χ1) is 18.8. The van der Waals surface area contributed by atoms with Gasteiger partial charge >= 0.3 is 5.97 Å². The van der Waals surface area contributed by atoms with Gasteiger partial charge in [0.1, 0.15) is 11.9 Å². The average Bonchev–Trinajstić information content (AvgIpc) is 3.27. The Morgan fingerprint density at radius 2 is 1.73 bits per heavy atom. The molecule has 0 saturated heterocycles. The fourth-order valence-corrected chi connectivity index (χ4v) is 10.5. The van der Waals surface area contributed by atoms with Crippen molar-refractivity contribution < 1.29 is 23.8 Å². The molecule has 4 fully saturated rings. The molecule has 1 aromatic rings. The number of esters is 1. The van der Waals surface area contributed by atoms with Crippen molar-refractivity contribution in [2.24, 2.45) is 45.8 Å². The smallest absolute Gasteiger partial charge is 0.302 e. The van der Waals surface area contributed by atoms with E-state index in [4.69, 9.17) is 4.74 Å². The number of hydrogen-bond donors (Lipinski definition) is 1. The van der Waals surface area contributed by atoms with Crippen LogP contribution in [0, 0.1) is 51.7 Å². The lowest BCUT2D eigenvalue weighted by atomic mass is 9.39. The van der Waals surface area contributed by atoms with Crippen LogP contribution in [0.1, 0.15) is 103 Å². The van der Waals surface area contributed by atoms with Gasteiger partial charge in [0.05, 0.1) is 11.7 Å². The van der Waals surface area contributed by atoms with Crippen LogP contribution in [0.5, 0.6) is 0 Å². The number of carbonyl (C=O) groups is 2. The Morgan fingerprint density at radius 3 is 2.42 bits per heavy atom. The number of hydrogen-bond acceptors (Lipinski definition) is 4. The monoisotopic (exact) mass is 555 g/mol. The minimum absolute atomic E-state index is 0.0484. The number of carbonyl (C=O) groups excluding carboxylic acids is 2. The summed E-state index contributed by atoms with van der Waals surface area (Å²) in [6, 6.07) is 6.24. The van der Waals surface area contributed by atoms with Crippen LogP contribution in [0.3, 0.4) is 0 Å². The third kappa shape index (κ3) is 4.61. The fraction of sp³-hybridized carbons (Fsp3) is 0.765. The quantitative estimate of drug-likeness (QED) is 0.389. The second-order valence-corrected chi connectivity index (χ2v) is 14.6. The zero-order valence-electron chi connectivity index (χ0n) is 25.4. The molecule has 0 aromatic heterocycles. The van der Waals surface area contributed by atoms with Crippen molar-refractivity contribution in [2.75, 3.05) is 13.6 Å². The van der Waals surface area contributed by atoms with E-state index < -0.39 is 11.9 Å². The average molecular weight is 556 g/mol. The third-order valence-corrected chi connectivity index (χ3v) is 13.0. The van der Waals surface area contributed by atoms with Crippen LogP contribution in [0.25, 0.3) is 0 Å². The van der Waals surface area contributed by atoms with Crippen LogP contribution >= 0.6 is 0 Å². The summed E-state index contributed by atoms with van der Waals surface area (Å²) in [4.78, 5) is 26.2. The lowest BCUT2D eigenvalue weighted by Crippen LogP contribution is -2.64. The van der Waals surface area contributed by atoms with Crippen molar-refractivity contribution >= 4 is 11.9 Å². The number of ether oxygens (including phenoxy) is 1. The first kappa shape index (κ1) is 29.5. The maximum atomic E-state index is 14.2. The molecule has 0 bridgehead atoms. The molecular weight excluding hydrogens is 505 g/mol. The molecule has 4 saturated carbocycles. The zero-order valence-corrected chi connectivity index (χ0v) is 25.4. The first-order valence-electron chi connectivity index (χ1n) is 15.7. The lowest BCUT2D eigenvalue weighted by Gasteiger charge is -2.66. The summed E-state index contributed by atoms with van der Waals surface area (Å²) in [5, 5.41) is 11.5. The molecule has 6 heteroatoms. The van der Waals surface area contributed by atoms with E-state index in [2.05, 4.69) is 27.7 Å². The molecule has 40 heavy (non-hydrogen) atoms. The summed E-state index contributed by atoms with van der Waals surface area (Å²) in [5.74, 6) is 2.08. The molecule has 4 aliphatic rings. The van der Waals surface area contributed by atoms with Crippen molar-refractivity contribution in [3.05, 3.63) is 35.6 Å². The van der Waals surface area contributed by atoms with Gasteiger partial charge in [-0.25, -0.2) is 4.39 Å². The summed E-state index contributed by atoms with van der Waals surface area (Å²) in [7, 11) is 1.79. The van der Waals surface area contributed by atoms with Crippen molar-refractivity contribution in [1.82, 2.24) is 4.90 Å². The highest BCUT2D eigenvalue weighted by atomic mass is 19.1. The maximum Gasteiger partial charge on any atom is 0.302 e. The van der Waals surface area contributed by atoms with Gasteiger partial charge < -0.3 is 14.7 Å². The number of aliphatic hydroxyl groups excluding tert-OH is 1. The zero-order chi connectivity index (χ0) is 29.0. The fourth-order valence-electron chi connectivity index (χ4n) is 10.5. The van der Waals surface area contributed by atoms with Gasteiger partial charge in [-0.2, -0.15) is 0 Å². The Morgan fingerprint density at radius 1 is 1.02 bits per heavy atom. The Hall–Kier alpha value is -1.95. The number of fused-ring (bicyclic) bond motifs is 5. The van der Waals surface area contributed by atoms with E-state index in [-0.39, 0.29) is 34.4 Å². The Labute approximate surface area is 240 Å². The molecule has 5 rings (SSSR count). The van der Waals surface area contributed by atoms with E-state index in [1.807, 2.05) is 0 Å². The van der Waals surface area contributed by atoms with Crippen LogP contribution in [0.4, 0.5) is 4.39 Å². The number of nitrogens with zero attached hydrogens (tertiary/aromatic N) is 1. The molecule has 10 atom stereocenters.